The third-order valence-corrected chi connectivity index (χ3v) is 0. The van der Waals surface area contributed by atoms with E-state index in [0.29, 0.717) is 0 Å². The Morgan fingerprint density at radius 2 is 1.00 bits per heavy atom. The molecule has 0 nitrogen and oxygen atoms in total. The summed E-state index contributed by atoms with van der Waals surface area (Å²) >= 11 is 0. The van der Waals surface area contributed by atoms with E-state index in [2.05, 4.69) is 0 Å². The first kappa shape index (κ1) is 96.9. The topological polar surface area (TPSA) is 0 Å². The average molecular weight is 113 g/mol. The first-order valence-corrected chi connectivity index (χ1v) is 0. The van der Waals surface area contributed by atoms with Gasteiger partial charge in [-0.15, -0.1) is 0 Å². The van der Waals surface area contributed by atoms with Gasteiger partial charge in [-0.3, -0.25) is 0 Å². The Bertz CT molecular complexity index is 8.00. The molecule has 0 saturated heterocycles. The summed E-state index contributed by atoms with van der Waals surface area (Å²) in [6.07, 6.45) is 0. The van der Waals surface area contributed by atoms with E-state index in [1.807, 2.05) is 0 Å². The Morgan fingerprint density at radius 3 is 1.00 bits per heavy atom. The minimum Gasteiger partial charge on any atom is -0.0776 e. The largest absolute Gasteiger partial charge is 0.0814 e. The van der Waals surface area contributed by atoms with Gasteiger partial charge < -0.3 is 0 Å². The molecule has 0 bridgehead atoms. The molecule has 27 valence electrons. The minimum absolute atomic E-state index is 0. The zero-order chi connectivity index (χ0) is 0. The first-order valence-electron chi connectivity index (χ1n) is 0. The van der Waals surface area contributed by atoms with Gasteiger partial charge in [-0.2, -0.15) is 0 Å². The van der Waals surface area contributed by atoms with Crippen LogP contribution >= 0.6 is 0 Å². The van der Waals surface area contributed by atoms with Gasteiger partial charge in [0.2, 0.25) is 0 Å². The van der Waals surface area contributed by atoms with Gasteiger partial charge >= 0.3 is 0 Å². The van der Waals surface area contributed by atoms with Gasteiger partial charge in [0.1, 0.15) is 0 Å². The Balaban J connectivity index is 0. The van der Waals surface area contributed by atoms with Gasteiger partial charge in [-0.05, 0) is 11.0 Å². The van der Waals surface area contributed by atoms with E-state index in [-0.39, 0.29) is 45.4 Å². The van der Waals surface area contributed by atoms with Crippen LogP contribution in [0.3, 0.4) is 0 Å². The van der Waals surface area contributed by atoms with E-state index in [9.17, 15) is 0 Å². The third-order valence-electron chi connectivity index (χ3n) is 0. The molecule has 0 aliphatic carbocycles. The van der Waals surface area contributed by atoms with Crippen LogP contribution in [0, 0.1) is 0 Å². The third kappa shape index (κ3) is 13.3. The van der Waals surface area contributed by atoms with Crippen LogP contribution in [0.25, 0.3) is 0 Å². The maximum absolute atomic E-state index is 0. The van der Waals surface area contributed by atoms with Crippen molar-refractivity contribution in [2.75, 3.05) is 0 Å². The molecule has 0 N–H and O–H groups in total. The van der Waals surface area contributed by atoms with Crippen molar-refractivity contribution in [3.8, 4) is 0 Å². The fourth-order valence-corrected chi connectivity index (χ4v) is 0. The van der Waals surface area contributed by atoms with Gasteiger partial charge in [-0.1, -0.05) is 7.43 Å². The summed E-state index contributed by atoms with van der Waals surface area (Å²) in [4.78, 5) is 0. The smallest absolute Gasteiger partial charge is 0.0776 e. The zero-order valence-electron chi connectivity index (χ0n) is 0.447. The predicted octanol–water partition coefficient (Wildman–Crippen LogP) is -2.00. The minimum atomic E-state index is 0. The average Bonchev–Trinajstić information content (AvgIpc) is 0. The summed E-state index contributed by atoms with van der Waals surface area (Å²) in [7, 11) is 0. The summed E-state index contributed by atoms with van der Waals surface area (Å²) in [6, 6.07) is 0. The number of rotatable bonds is 0. The van der Waals surface area contributed by atoms with Gasteiger partial charge in [0.25, 0.3) is 0 Å². The fraction of sp³-hybridized carbons (Fsp3) is 1.00. The molecule has 3 heteroatoms. The van der Waals surface area contributed by atoms with E-state index in [1.165, 1.54) is 0 Å². The van der Waals surface area contributed by atoms with Crippen molar-refractivity contribution in [2.45, 2.75) is 7.43 Å². The van der Waals surface area contributed by atoms with E-state index in [1.54, 1.807) is 0 Å². The van der Waals surface area contributed by atoms with Crippen molar-refractivity contribution in [1.29, 1.82) is 0 Å². The molecule has 0 amide bonds. The molecule has 0 spiro atoms. The van der Waals surface area contributed by atoms with Crippen molar-refractivity contribution in [2.24, 2.45) is 0 Å². The van der Waals surface area contributed by atoms with Crippen LogP contribution in [0.1, 0.15) is 7.43 Å². The molecule has 0 heterocycles. The zero-order valence-corrected chi connectivity index (χ0v) is 1.84. The summed E-state index contributed by atoms with van der Waals surface area (Å²) in [5.74, 6) is 0. The van der Waals surface area contributed by atoms with Crippen molar-refractivity contribution in [1.82, 2.24) is 0 Å². The van der Waals surface area contributed by atoms with Crippen LogP contribution in [0.2, 0.25) is 0 Å². The Kier molecular flexibility index (Phi) is 1030. The van der Waals surface area contributed by atoms with Gasteiger partial charge in [0.15, 0.2) is 0 Å². The Morgan fingerprint density at radius 1 is 1.00 bits per heavy atom. The quantitative estimate of drug-likeness (QED) is 0.318. The Hall–Kier alpha value is 0.866. The molecule has 4 heavy (non-hydrogen) atoms. The van der Waals surface area contributed by atoms with E-state index >= 15 is 0 Å². The number of hydrogen-bond donors (Lipinski definition) is 0. The van der Waals surface area contributed by atoms with Crippen LogP contribution in [-0.2, 0) is 18.6 Å². The molecule has 0 unspecified atom stereocenters. The van der Waals surface area contributed by atoms with Gasteiger partial charge in [0.05, 0.1) is 8.41 Å². The predicted molar refractivity (Wildman–Crippen MR) is 28.0 cm³/mol. The van der Waals surface area contributed by atoms with Crippen molar-refractivity contribution < 1.29 is 18.6 Å². The molecule has 0 rings (SSSR count). The molecular weight excluding hydrogens is 102 g/mol. The summed E-state index contributed by atoms with van der Waals surface area (Å²) in [6.45, 7) is 0. The standard InChI is InChI=1S/CH4.BH3.H4Si.V/h1H4;1H3;1H4;. The van der Waals surface area contributed by atoms with Crippen molar-refractivity contribution in [3.05, 3.63) is 0 Å². The van der Waals surface area contributed by atoms with E-state index < -0.39 is 0 Å². The molecule has 0 saturated carbocycles. The molecule has 0 aliphatic rings. The first-order chi connectivity index (χ1) is 0. The molecule has 0 atom stereocenters. The summed E-state index contributed by atoms with van der Waals surface area (Å²) < 4.78 is 0. The number of hydrogen-bond acceptors (Lipinski definition) is 0. The van der Waals surface area contributed by atoms with Crippen LogP contribution in [-0.4, -0.2) is 19.4 Å². The SMILES string of the molecule is B.C.[SiH4].[V]. The monoisotopic (exact) mass is 113 g/mol. The van der Waals surface area contributed by atoms with Crippen LogP contribution in [0.5, 0.6) is 0 Å². The van der Waals surface area contributed by atoms with E-state index in [0.717, 1.165) is 0 Å². The molecule has 0 aromatic heterocycles. The molecule has 0 aliphatic heterocycles. The van der Waals surface area contributed by atoms with Crippen molar-refractivity contribution >= 4 is 19.4 Å². The van der Waals surface area contributed by atoms with Gasteiger partial charge in [0, 0.05) is 18.6 Å². The second kappa shape index (κ2) is 42.3. The molecule has 0 aromatic carbocycles. The molecule has 1 radical (unpaired) electrons. The maximum atomic E-state index is 0. The normalized spacial score (nSPS) is 0. The summed E-state index contributed by atoms with van der Waals surface area (Å²) in [5, 5.41) is 0. The maximum Gasteiger partial charge on any atom is 0.0814 e. The second-order valence-electron chi connectivity index (χ2n) is 0. The van der Waals surface area contributed by atoms with Crippen LogP contribution in [0.4, 0.5) is 0 Å². The van der Waals surface area contributed by atoms with Crippen LogP contribution < -0.4 is 0 Å². The second-order valence-corrected chi connectivity index (χ2v) is 0. The van der Waals surface area contributed by atoms with Gasteiger partial charge in [-0.25, -0.2) is 0 Å². The molecular formula is CH11BSiV. The van der Waals surface area contributed by atoms with E-state index in [4.69, 9.17) is 0 Å². The molecule has 0 aromatic rings. The Labute approximate surface area is 45.8 Å². The fourth-order valence-electron chi connectivity index (χ4n) is 0. The summed E-state index contributed by atoms with van der Waals surface area (Å²) in [5.41, 5.74) is 0. The van der Waals surface area contributed by atoms with Crippen molar-refractivity contribution in [3.63, 3.8) is 0 Å². The molecule has 0 fully saturated rings. The van der Waals surface area contributed by atoms with Crippen LogP contribution in [0.15, 0.2) is 0 Å².